The van der Waals surface area contributed by atoms with E-state index in [-0.39, 0.29) is 18.0 Å². The topological polar surface area (TPSA) is 68.4 Å². The molecule has 0 amide bonds. The second-order valence-corrected chi connectivity index (χ2v) is 5.94. The highest BCUT2D eigenvalue weighted by Gasteiger charge is 2.22. The molecule has 7 heteroatoms. The fourth-order valence-corrected chi connectivity index (χ4v) is 2.74. The number of ether oxygens (including phenoxy) is 2. The van der Waals surface area contributed by atoms with Crippen LogP contribution in [0.15, 0.2) is 54.7 Å². The van der Waals surface area contributed by atoms with Gasteiger partial charge in [-0.1, -0.05) is 30.3 Å². The van der Waals surface area contributed by atoms with Crippen LogP contribution < -0.4 is 4.74 Å². The number of nitrogens with one attached hydrogen (secondary N) is 1. The highest BCUT2D eigenvalue weighted by molar-refractivity contribution is 6.10. The van der Waals surface area contributed by atoms with E-state index in [2.05, 4.69) is 9.72 Å². The third-order valence-corrected chi connectivity index (χ3v) is 4.03. The summed E-state index contributed by atoms with van der Waals surface area (Å²) in [5, 5.41) is 0.764. The smallest absolute Gasteiger partial charge is 0.387 e. The van der Waals surface area contributed by atoms with Crippen LogP contribution in [0.3, 0.4) is 0 Å². The van der Waals surface area contributed by atoms with Crippen LogP contribution in [0.4, 0.5) is 8.78 Å². The van der Waals surface area contributed by atoms with E-state index in [0.29, 0.717) is 11.1 Å². The molecule has 0 saturated heterocycles. The van der Waals surface area contributed by atoms with Crippen LogP contribution in [-0.2, 0) is 16.0 Å². The number of carbonyl (C=O) groups is 2. The number of alkyl halides is 2. The molecule has 0 aliphatic rings. The number of hydrogen-bond acceptors (Lipinski definition) is 4. The lowest BCUT2D eigenvalue weighted by Gasteiger charge is -2.12. The van der Waals surface area contributed by atoms with E-state index in [4.69, 9.17) is 4.74 Å². The number of fused-ring (bicyclic) bond motifs is 1. The fourth-order valence-electron chi connectivity index (χ4n) is 2.74. The molecule has 0 saturated carbocycles. The predicted octanol–water partition coefficient (Wildman–Crippen LogP) is 4.13. The molecule has 0 fully saturated rings. The van der Waals surface area contributed by atoms with Gasteiger partial charge < -0.3 is 14.5 Å². The number of aromatic nitrogens is 1. The summed E-state index contributed by atoms with van der Waals surface area (Å²) in [6.07, 6.45) is 0.567. The zero-order valence-electron chi connectivity index (χ0n) is 14.4. The van der Waals surface area contributed by atoms with Crippen molar-refractivity contribution in [3.8, 4) is 5.75 Å². The van der Waals surface area contributed by atoms with Gasteiger partial charge in [-0.15, -0.1) is 0 Å². The Balaban J connectivity index is 1.61. The molecule has 3 aromatic rings. The molecule has 0 radical (unpaired) electrons. The maximum Gasteiger partial charge on any atom is 0.387 e. The lowest BCUT2D eigenvalue weighted by molar-refractivity contribution is -0.145. The van der Waals surface area contributed by atoms with Crippen molar-refractivity contribution in [1.29, 1.82) is 0 Å². The lowest BCUT2D eigenvalue weighted by Crippen LogP contribution is -2.25. The number of ketones is 1. The van der Waals surface area contributed by atoms with Gasteiger partial charge >= 0.3 is 12.6 Å². The molecule has 140 valence electrons. The van der Waals surface area contributed by atoms with Gasteiger partial charge in [0, 0.05) is 22.7 Å². The van der Waals surface area contributed by atoms with Gasteiger partial charge in [-0.05, 0) is 30.7 Å². The number of rotatable bonds is 7. The van der Waals surface area contributed by atoms with Gasteiger partial charge in [0.25, 0.3) is 0 Å². The summed E-state index contributed by atoms with van der Waals surface area (Å²) in [7, 11) is 0. The fraction of sp³-hybridized carbons (Fsp3) is 0.200. The van der Waals surface area contributed by atoms with Gasteiger partial charge in [0.05, 0.1) is 6.42 Å². The highest BCUT2D eigenvalue weighted by Crippen LogP contribution is 2.20. The Kier molecular flexibility index (Phi) is 5.49. The van der Waals surface area contributed by atoms with Gasteiger partial charge in [-0.2, -0.15) is 8.78 Å². The number of hydrogen-bond donors (Lipinski definition) is 1. The third kappa shape index (κ3) is 4.49. The van der Waals surface area contributed by atoms with E-state index in [1.807, 2.05) is 24.3 Å². The number of H-pyrrole nitrogens is 1. The van der Waals surface area contributed by atoms with Gasteiger partial charge in [-0.25, -0.2) is 0 Å². The lowest BCUT2D eigenvalue weighted by atomic mass is 10.1. The second kappa shape index (κ2) is 7.99. The van der Waals surface area contributed by atoms with Crippen LogP contribution in [0.2, 0.25) is 0 Å². The molecule has 5 nitrogen and oxygen atoms in total. The minimum Gasteiger partial charge on any atom is -0.454 e. The number of esters is 1. The third-order valence-electron chi connectivity index (χ3n) is 4.03. The number of benzene rings is 2. The molecule has 0 spiro atoms. The van der Waals surface area contributed by atoms with Gasteiger partial charge in [-0.3, -0.25) is 9.59 Å². The van der Waals surface area contributed by atoms with Crippen LogP contribution >= 0.6 is 0 Å². The number of halogens is 2. The zero-order chi connectivity index (χ0) is 19.4. The van der Waals surface area contributed by atoms with E-state index in [1.165, 1.54) is 31.2 Å². The maximum absolute atomic E-state index is 12.6. The summed E-state index contributed by atoms with van der Waals surface area (Å²) in [4.78, 5) is 27.7. The number of para-hydroxylation sites is 1. The van der Waals surface area contributed by atoms with Crippen molar-refractivity contribution < 1.29 is 27.8 Å². The Morgan fingerprint density at radius 2 is 1.78 bits per heavy atom. The van der Waals surface area contributed by atoms with Gasteiger partial charge in [0.15, 0.2) is 6.10 Å². The minimum absolute atomic E-state index is 0.00463. The second-order valence-electron chi connectivity index (χ2n) is 5.94. The Labute approximate surface area is 153 Å². The monoisotopic (exact) mass is 373 g/mol. The summed E-state index contributed by atoms with van der Waals surface area (Å²) in [6, 6.07) is 13.0. The van der Waals surface area contributed by atoms with E-state index in [9.17, 15) is 18.4 Å². The normalized spacial score (nSPS) is 12.1. The molecule has 1 unspecified atom stereocenters. The van der Waals surface area contributed by atoms with Crippen molar-refractivity contribution in [2.45, 2.75) is 26.1 Å². The number of Topliss-reactive ketones (excluding diaryl/α,β-unsaturated/α-hetero) is 1. The first-order chi connectivity index (χ1) is 12.9. The molecule has 2 aromatic carbocycles. The standard InChI is InChI=1S/C20H17F2NO4/c1-12(19(25)16-11-23-17-5-3-2-4-15(16)17)26-18(24)10-13-6-8-14(9-7-13)27-20(21)22/h2-9,11-12,20,23H,10H2,1H3. The molecular formula is C20H17F2NO4. The van der Waals surface area contributed by atoms with Crippen molar-refractivity contribution >= 4 is 22.7 Å². The van der Waals surface area contributed by atoms with Crippen LogP contribution in [0, 0.1) is 0 Å². The molecule has 0 aliphatic carbocycles. The molecule has 1 N–H and O–H groups in total. The average molecular weight is 373 g/mol. The first-order valence-corrected chi connectivity index (χ1v) is 8.27. The highest BCUT2D eigenvalue weighted by atomic mass is 19.3. The number of carbonyl (C=O) groups excluding carboxylic acids is 2. The zero-order valence-corrected chi connectivity index (χ0v) is 14.4. The van der Waals surface area contributed by atoms with E-state index < -0.39 is 18.7 Å². The molecule has 27 heavy (non-hydrogen) atoms. The van der Waals surface area contributed by atoms with Crippen molar-refractivity contribution in [3.63, 3.8) is 0 Å². The average Bonchev–Trinajstić information content (AvgIpc) is 3.06. The summed E-state index contributed by atoms with van der Waals surface area (Å²) in [5.74, 6) is -0.885. The SMILES string of the molecule is CC(OC(=O)Cc1ccc(OC(F)F)cc1)C(=O)c1c[nH]c2ccccc12. The summed E-state index contributed by atoms with van der Waals surface area (Å²) >= 11 is 0. The van der Waals surface area contributed by atoms with E-state index >= 15 is 0 Å². The molecular weight excluding hydrogens is 356 g/mol. The summed E-state index contributed by atoms with van der Waals surface area (Å²) < 4.78 is 33.7. The first-order valence-electron chi connectivity index (χ1n) is 8.27. The Bertz CT molecular complexity index is 950. The maximum atomic E-state index is 12.6. The van der Waals surface area contributed by atoms with Gasteiger partial charge in [0.1, 0.15) is 5.75 Å². The Morgan fingerprint density at radius 1 is 1.07 bits per heavy atom. The Hall–Kier alpha value is -3.22. The van der Waals surface area contributed by atoms with Crippen LogP contribution in [0.1, 0.15) is 22.8 Å². The van der Waals surface area contributed by atoms with Crippen molar-refractivity contribution in [2.75, 3.05) is 0 Å². The molecule has 3 rings (SSSR count). The van der Waals surface area contributed by atoms with E-state index in [1.54, 1.807) is 6.20 Å². The molecule has 1 atom stereocenters. The summed E-state index contributed by atoms with van der Waals surface area (Å²) in [6.45, 7) is -1.39. The van der Waals surface area contributed by atoms with Gasteiger partial charge in [0.2, 0.25) is 5.78 Å². The van der Waals surface area contributed by atoms with E-state index in [0.717, 1.165) is 10.9 Å². The predicted molar refractivity (Wildman–Crippen MR) is 95.0 cm³/mol. The van der Waals surface area contributed by atoms with Crippen LogP contribution in [0.25, 0.3) is 10.9 Å². The molecule has 0 aliphatic heterocycles. The summed E-state index contributed by atoms with van der Waals surface area (Å²) in [5.41, 5.74) is 1.85. The molecule has 1 aromatic heterocycles. The first kappa shape index (κ1) is 18.6. The number of aromatic amines is 1. The minimum atomic E-state index is -2.91. The largest absolute Gasteiger partial charge is 0.454 e. The van der Waals surface area contributed by atoms with Crippen LogP contribution in [-0.4, -0.2) is 29.5 Å². The quantitative estimate of drug-likeness (QED) is 0.500. The molecule has 1 heterocycles. The van der Waals surface area contributed by atoms with Crippen molar-refractivity contribution in [1.82, 2.24) is 4.98 Å². The van der Waals surface area contributed by atoms with Crippen molar-refractivity contribution in [3.05, 3.63) is 65.9 Å². The molecule has 0 bridgehead atoms. The van der Waals surface area contributed by atoms with Crippen molar-refractivity contribution in [2.24, 2.45) is 0 Å². The van der Waals surface area contributed by atoms with Crippen LogP contribution in [0.5, 0.6) is 5.75 Å². The Morgan fingerprint density at radius 3 is 2.48 bits per heavy atom.